The fourth-order valence-electron chi connectivity index (χ4n) is 1.10. The Bertz CT molecular complexity index is 413. The number of aryl methyl sites for hydroxylation is 1. The average molecular weight is 231 g/mol. The number of hydrogen-bond donors (Lipinski definition) is 1. The highest BCUT2D eigenvalue weighted by molar-refractivity contribution is 5.69. The smallest absolute Gasteiger partial charge is 0.0891 e. The summed E-state index contributed by atoms with van der Waals surface area (Å²) < 4.78 is 0. The van der Waals surface area contributed by atoms with Crippen LogP contribution in [0.1, 0.15) is 32.0 Å². The minimum Gasteiger partial charge on any atom is -0.513 e. The maximum atomic E-state index is 8.94. The van der Waals surface area contributed by atoms with Gasteiger partial charge in [-0.1, -0.05) is 32.6 Å². The molecule has 0 spiro atoms. The van der Waals surface area contributed by atoms with E-state index in [9.17, 15) is 0 Å². The van der Waals surface area contributed by atoms with Crippen molar-refractivity contribution in [3.8, 4) is 0 Å². The molecule has 0 saturated carbocycles. The van der Waals surface area contributed by atoms with Crippen molar-refractivity contribution in [2.24, 2.45) is 0 Å². The number of rotatable bonds is 3. The minimum absolute atomic E-state index is 0.274. The predicted octanol–water partition coefficient (Wildman–Crippen LogP) is 4.45. The van der Waals surface area contributed by atoms with Gasteiger partial charge < -0.3 is 5.11 Å². The molecule has 0 atom stereocenters. The molecule has 0 bridgehead atoms. The molecule has 0 saturated heterocycles. The lowest BCUT2D eigenvalue weighted by Gasteiger charge is -1.99. The van der Waals surface area contributed by atoms with Gasteiger partial charge >= 0.3 is 0 Å². The normalized spacial score (nSPS) is 10.9. The van der Waals surface area contributed by atoms with Gasteiger partial charge in [0.15, 0.2) is 0 Å². The lowest BCUT2D eigenvalue weighted by molar-refractivity contribution is 0.414. The first-order valence-electron chi connectivity index (χ1n) is 5.75. The first-order chi connectivity index (χ1) is 8.09. The van der Waals surface area contributed by atoms with Crippen LogP contribution in [0.4, 0.5) is 0 Å². The van der Waals surface area contributed by atoms with E-state index in [2.05, 4.69) is 11.6 Å². The SMILES string of the molecule is C=C(/C=C\C=C(/C)O)c1cc(C)ccn1.CC. The van der Waals surface area contributed by atoms with Gasteiger partial charge in [0.1, 0.15) is 0 Å². The zero-order valence-corrected chi connectivity index (χ0v) is 11.1. The molecule has 1 N–H and O–H groups in total. The highest BCUT2D eigenvalue weighted by Crippen LogP contribution is 2.12. The van der Waals surface area contributed by atoms with E-state index in [0.717, 1.165) is 16.8 Å². The lowest BCUT2D eigenvalue weighted by atomic mass is 10.1. The van der Waals surface area contributed by atoms with E-state index >= 15 is 0 Å². The lowest BCUT2D eigenvalue weighted by Crippen LogP contribution is -1.85. The molecule has 0 unspecified atom stereocenters. The molecule has 2 nitrogen and oxygen atoms in total. The number of pyridine rings is 1. The number of aliphatic hydroxyl groups is 1. The van der Waals surface area contributed by atoms with Crippen molar-refractivity contribution in [2.75, 3.05) is 0 Å². The molecule has 1 aromatic heterocycles. The van der Waals surface area contributed by atoms with Crippen LogP contribution < -0.4 is 0 Å². The van der Waals surface area contributed by atoms with E-state index in [0.29, 0.717) is 0 Å². The molecule has 0 aromatic carbocycles. The summed E-state index contributed by atoms with van der Waals surface area (Å²) in [5, 5.41) is 8.94. The average Bonchev–Trinajstić information content (AvgIpc) is 2.31. The van der Waals surface area contributed by atoms with Gasteiger partial charge in [-0.05, 0) is 43.2 Å². The third-order valence-electron chi connectivity index (χ3n) is 1.88. The topological polar surface area (TPSA) is 33.1 Å². The fourth-order valence-corrected chi connectivity index (χ4v) is 1.10. The zero-order chi connectivity index (χ0) is 13.3. The standard InChI is InChI=1S/C13H15NO.C2H6/c1-10-7-8-14-13(9-10)11(2)5-4-6-12(3)15;1-2/h4-9,15H,2H2,1,3H3;1-2H3/b5-4-,12-6+;. The number of aromatic nitrogens is 1. The Balaban J connectivity index is 0.00000121. The van der Waals surface area contributed by atoms with Crippen molar-refractivity contribution >= 4 is 5.57 Å². The number of nitrogens with zero attached hydrogens (tertiary/aromatic N) is 1. The van der Waals surface area contributed by atoms with Crippen molar-refractivity contribution in [2.45, 2.75) is 27.7 Å². The van der Waals surface area contributed by atoms with Gasteiger partial charge in [0.25, 0.3) is 0 Å². The Hall–Kier alpha value is -1.83. The Morgan fingerprint density at radius 3 is 2.59 bits per heavy atom. The van der Waals surface area contributed by atoms with E-state index < -0.39 is 0 Å². The van der Waals surface area contributed by atoms with Crippen LogP contribution in [0.2, 0.25) is 0 Å². The van der Waals surface area contributed by atoms with E-state index in [1.807, 2.05) is 39.0 Å². The van der Waals surface area contributed by atoms with Crippen LogP contribution in [-0.2, 0) is 0 Å². The fraction of sp³-hybridized carbons (Fsp3) is 0.267. The van der Waals surface area contributed by atoms with Crippen LogP contribution in [0.15, 0.2) is 48.9 Å². The van der Waals surface area contributed by atoms with Crippen LogP contribution >= 0.6 is 0 Å². The summed E-state index contributed by atoms with van der Waals surface area (Å²) in [5.74, 6) is 0.274. The van der Waals surface area contributed by atoms with Crippen LogP contribution in [0.3, 0.4) is 0 Å². The van der Waals surface area contributed by atoms with Crippen molar-refractivity contribution in [1.82, 2.24) is 4.98 Å². The Morgan fingerprint density at radius 2 is 2.06 bits per heavy atom. The maximum Gasteiger partial charge on any atom is 0.0891 e. The second kappa shape index (κ2) is 8.34. The molecular weight excluding hydrogens is 210 g/mol. The molecule has 1 aromatic rings. The van der Waals surface area contributed by atoms with Crippen LogP contribution in [0.5, 0.6) is 0 Å². The Kier molecular flexibility index (Phi) is 7.44. The maximum absolute atomic E-state index is 8.94. The first-order valence-corrected chi connectivity index (χ1v) is 5.75. The van der Waals surface area contributed by atoms with Crippen LogP contribution in [-0.4, -0.2) is 10.1 Å². The van der Waals surface area contributed by atoms with Gasteiger partial charge in [-0.2, -0.15) is 0 Å². The molecule has 0 aliphatic carbocycles. The van der Waals surface area contributed by atoms with Gasteiger partial charge in [0.05, 0.1) is 11.5 Å². The summed E-state index contributed by atoms with van der Waals surface area (Å²) in [7, 11) is 0. The molecule has 92 valence electrons. The van der Waals surface area contributed by atoms with Crippen LogP contribution in [0.25, 0.3) is 5.57 Å². The Morgan fingerprint density at radius 1 is 1.41 bits per heavy atom. The summed E-state index contributed by atoms with van der Waals surface area (Å²) in [4.78, 5) is 4.20. The number of allylic oxidation sites excluding steroid dienone is 5. The third kappa shape index (κ3) is 6.36. The molecule has 0 aliphatic rings. The molecular formula is C15H21NO. The molecule has 2 heteroatoms. The summed E-state index contributed by atoms with van der Waals surface area (Å²) in [6.45, 7) is 11.5. The molecule has 1 heterocycles. The van der Waals surface area contributed by atoms with E-state index in [4.69, 9.17) is 5.11 Å². The summed E-state index contributed by atoms with van der Waals surface area (Å²) in [5.41, 5.74) is 2.84. The largest absolute Gasteiger partial charge is 0.513 e. The quantitative estimate of drug-likeness (QED) is 0.616. The highest BCUT2D eigenvalue weighted by Gasteiger charge is 1.95. The van der Waals surface area contributed by atoms with Gasteiger partial charge in [0, 0.05) is 6.20 Å². The van der Waals surface area contributed by atoms with Crippen molar-refractivity contribution in [3.05, 3.63) is 60.2 Å². The minimum atomic E-state index is 0.274. The summed E-state index contributed by atoms with van der Waals surface area (Å²) in [6, 6.07) is 3.92. The summed E-state index contributed by atoms with van der Waals surface area (Å²) in [6.07, 6.45) is 6.95. The third-order valence-corrected chi connectivity index (χ3v) is 1.88. The molecule has 0 radical (unpaired) electrons. The zero-order valence-electron chi connectivity index (χ0n) is 11.1. The summed E-state index contributed by atoms with van der Waals surface area (Å²) >= 11 is 0. The van der Waals surface area contributed by atoms with Crippen molar-refractivity contribution in [3.63, 3.8) is 0 Å². The van der Waals surface area contributed by atoms with E-state index in [1.165, 1.54) is 0 Å². The molecule has 17 heavy (non-hydrogen) atoms. The highest BCUT2D eigenvalue weighted by atomic mass is 16.3. The Labute approximate surface area is 104 Å². The molecule has 0 amide bonds. The van der Waals surface area contributed by atoms with Gasteiger partial charge in [-0.25, -0.2) is 0 Å². The van der Waals surface area contributed by atoms with Crippen LogP contribution in [0, 0.1) is 6.92 Å². The van der Waals surface area contributed by atoms with Crippen molar-refractivity contribution < 1.29 is 5.11 Å². The second-order valence-electron chi connectivity index (χ2n) is 3.41. The van der Waals surface area contributed by atoms with E-state index in [1.54, 1.807) is 25.3 Å². The molecule has 0 fully saturated rings. The number of hydrogen-bond acceptors (Lipinski definition) is 2. The molecule has 0 aliphatic heterocycles. The van der Waals surface area contributed by atoms with Gasteiger partial charge in [-0.3, -0.25) is 4.98 Å². The monoisotopic (exact) mass is 231 g/mol. The van der Waals surface area contributed by atoms with Crippen molar-refractivity contribution in [1.29, 1.82) is 0 Å². The van der Waals surface area contributed by atoms with E-state index in [-0.39, 0.29) is 5.76 Å². The first kappa shape index (κ1) is 15.2. The van der Waals surface area contributed by atoms with Gasteiger partial charge in [0.2, 0.25) is 0 Å². The predicted molar refractivity (Wildman–Crippen MR) is 74.9 cm³/mol. The number of aliphatic hydroxyl groups excluding tert-OH is 1. The second-order valence-corrected chi connectivity index (χ2v) is 3.41. The van der Waals surface area contributed by atoms with Gasteiger partial charge in [-0.15, -0.1) is 0 Å². The molecule has 1 rings (SSSR count).